The highest BCUT2D eigenvalue weighted by atomic mass is 32.2. The monoisotopic (exact) mass is 641 g/mol. The Morgan fingerprint density at radius 1 is 1.02 bits per heavy atom. The number of rotatable bonds is 7. The molecule has 4 aromatic heterocycles. The number of carbonyl (C=O) groups excluding carboxylic acids is 1. The van der Waals surface area contributed by atoms with Crippen LogP contribution in [0.4, 0.5) is 17.6 Å². The van der Waals surface area contributed by atoms with Crippen LogP contribution < -0.4 is 0 Å². The maximum atomic E-state index is 14.4. The lowest BCUT2D eigenvalue weighted by Gasteiger charge is -2.50. The normalized spacial score (nSPS) is 22.8. The molecule has 15 heteroatoms. The number of Topliss-reactive ketones (excluding diaryl/α,β-unsaturated/α-hetero) is 1. The number of aryl methyl sites for hydroxylation is 1. The Hall–Kier alpha value is -4.24. The number of sulfonamides is 1. The van der Waals surface area contributed by atoms with Crippen LogP contribution in [0, 0.1) is 17.2 Å². The molecule has 2 fully saturated rings. The molecule has 7 rings (SSSR count). The van der Waals surface area contributed by atoms with Crippen LogP contribution in [0.15, 0.2) is 65.7 Å². The van der Waals surface area contributed by atoms with Gasteiger partial charge in [0.15, 0.2) is 5.78 Å². The van der Waals surface area contributed by atoms with Gasteiger partial charge in [0.05, 0.1) is 35.4 Å². The first-order valence-corrected chi connectivity index (χ1v) is 15.8. The van der Waals surface area contributed by atoms with Crippen LogP contribution in [0.1, 0.15) is 53.8 Å². The summed E-state index contributed by atoms with van der Waals surface area (Å²) in [6.45, 7) is 0. The van der Waals surface area contributed by atoms with Gasteiger partial charge in [-0.25, -0.2) is 31.3 Å². The van der Waals surface area contributed by atoms with Gasteiger partial charge < -0.3 is 0 Å². The van der Waals surface area contributed by atoms with Crippen LogP contribution in [-0.2, 0) is 23.5 Å². The highest BCUT2D eigenvalue weighted by molar-refractivity contribution is 7.89. The molecule has 0 unspecified atom stereocenters. The standard InChI is InChI=1S/C30H27F4N7O3S/c1-39-17-24(16-37-39)45(43,44)41(23-12-30(33,34)13-23)21-3-2-19-8-26-18(14-38-40(26)22-4-5-27(32)36-15-22)10-29(19,11-21)28(42)25-9-20(31)6-7-35-25/h4-9,14-17,21,23H,2-3,10-13H2,1H3/t21-,29-/m0/s1. The molecule has 3 aliphatic rings. The number of carbonyl (C=O) groups is 1. The van der Waals surface area contributed by atoms with Crippen molar-refractivity contribution in [2.24, 2.45) is 12.5 Å². The van der Waals surface area contributed by atoms with Gasteiger partial charge in [0.25, 0.3) is 5.92 Å². The average molecular weight is 642 g/mol. The van der Waals surface area contributed by atoms with Crippen LogP contribution in [-0.4, -0.2) is 66.0 Å². The van der Waals surface area contributed by atoms with Crippen LogP contribution in [0.25, 0.3) is 11.8 Å². The second-order valence-electron chi connectivity index (χ2n) is 11.9. The van der Waals surface area contributed by atoms with Crippen molar-refractivity contribution in [3.8, 4) is 5.69 Å². The number of aromatic nitrogens is 6. The summed E-state index contributed by atoms with van der Waals surface area (Å²) in [4.78, 5) is 22.2. The van der Waals surface area contributed by atoms with Gasteiger partial charge >= 0.3 is 0 Å². The first kappa shape index (κ1) is 29.5. The fraction of sp³-hybridized carbons (Fsp3) is 0.367. The van der Waals surface area contributed by atoms with E-state index in [1.165, 1.54) is 41.6 Å². The summed E-state index contributed by atoms with van der Waals surface area (Å²) in [7, 11) is -2.74. The van der Waals surface area contributed by atoms with Gasteiger partial charge in [0.1, 0.15) is 16.4 Å². The molecule has 4 heterocycles. The zero-order valence-corrected chi connectivity index (χ0v) is 24.8. The predicted molar refractivity (Wildman–Crippen MR) is 152 cm³/mol. The minimum atomic E-state index is -4.29. The first-order valence-electron chi connectivity index (χ1n) is 14.3. The lowest BCUT2D eigenvalue weighted by atomic mass is 9.60. The highest BCUT2D eigenvalue weighted by Gasteiger charge is 2.57. The van der Waals surface area contributed by atoms with Crippen molar-refractivity contribution in [2.75, 3.05) is 0 Å². The first-order chi connectivity index (χ1) is 21.4. The van der Waals surface area contributed by atoms with E-state index < -0.39 is 63.8 Å². The van der Waals surface area contributed by atoms with E-state index in [0.717, 1.165) is 16.4 Å². The molecule has 2 saturated carbocycles. The molecule has 0 bridgehead atoms. The Bertz CT molecular complexity index is 1950. The Balaban J connectivity index is 1.33. The summed E-state index contributed by atoms with van der Waals surface area (Å²) in [5, 5.41) is 8.43. The number of halogens is 4. The summed E-state index contributed by atoms with van der Waals surface area (Å²) < 4.78 is 88.4. The fourth-order valence-electron chi connectivity index (χ4n) is 6.93. The smallest absolute Gasteiger partial charge is 0.251 e. The van der Waals surface area contributed by atoms with E-state index in [4.69, 9.17) is 0 Å². The predicted octanol–water partition coefficient (Wildman–Crippen LogP) is 4.52. The van der Waals surface area contributed by atoms with Gasteiger partial charge in [0, 0.05) is 50.4 Å². The molecule has 234 valence electrons. The van der Waals surface area contributed by atoms with Gasteiger partial charge in [-0.1, -0.05) is 5.57 Å². The van der Waals surface area contributed by atoms with Gasteiger partial charge in [-0.2, -0.15) is 18.9 Å². The van der Waals surface area contributed by atoms with E-state index in [0.29, 0.717) is 22.5 Å². The van der Waals surface area contributed by atoms with Crippen LogP contribution in [0.5, 0.6) is 0 Å². The molecule has 0 radical (unpaired) electrons. The molecule has 45 heavy (non-hydrogen) atoms. The van der Waals surface area contributed by atoms with Crippen molar-refractivity contribution < 1.29 is 30.8 Å². The number of hydrogen-bond donors (Lipinski definition) is 0. The number of allylic oxidation sites excluding steroid dienone is 1. The number of alkyl halides is 2. The topological polar surface area (TPSA) is 116 Å². The average Bonchev–Trinajstić information content (AvgIpc) is 3.61. The van der Waals surface area contributed by atoms with Crippen LogP contribution in [0.2, 0.25) is 0 Å². The number of hydrogen-bond acceptors (Lipinski definition) is 7. The quantitative estimate of drug-likeness (QED) is 0.166. The van der Waals surface area contributed by atoms with Gasteiger partial charge in [0.2, 0.25) is 16.0 Å². The molecule has 3 aliphatic carbocycles. The molecule has 0 aliphatic heterocycles. The van der Waals surface area contributed by atoms with Crippen molar-refractivity contribution in [1.82, 2.24) is 33.8 Å². The molecule has 2 atom stereocenters. The van der Waals surface area contributed by atoms with E-state index in [1.54, 1.807) is 24.0 Å². The fourth-order valence-corrected chi connectivity index (χ4v) is 8.75. The second kappa shape index (κ2) is 10.4. The molecular weight excluding hydrogens is 614 g/mol. The Labute approximate surface area is 255 Å². The van der Waals surface area contributed by atoms with Gasteiger partial charge in [-0.15, -0.1) is 0 Å². The van der Waals surface area contributed by atoms with Crippen molar-refractivity contribution in [2.45, 2.75) is 61.4 Å². The lowest BCUT2D eigenvalue weighted by molar-refractivity contribution is -0.116. The van der Waals surface area contributed by atoms with Gasteiger partial charge in [-0.3, -0.25) is 14.5 Å². The van der Waals surface area contributed by atoms with E-state index in [2.05, 4.69) is 20.2 Å². The summed E-state index contributed by atoms with van der Waals surface area (Å²) in [5.41, 5.74) is 0.958. The van der Waals surface area contributed by atoms with Crippen molar-refractivity contribution in [3.63, 3.8) is 0 Å². The number of fused-ring (bicyclic) bond motifs is 2. The lowest BCUT2D eigenvalue weighted by Crippen LogP contribution is -2.59. The summed E-state index contributed by atoms with van der Waals surface area (Å²) >= 11 is 0. The van der Waals surface area contributed by atoms with Crippen molar-refractivity contribution in [3.05, 3.63) is 89.5 Å². The van der Waals surface area contributed by atoms with Crippen molar-refractivity contribution >= 4 is 21.9 Å². The molecule has 0 spiro atoms. The van der Waals surface area contributed by atoms with E-state index in [1.807, 2.05) is 0 Å². The van der Waals surface area contributed by atoms with E-state index in [-0.39, 0.29) is 36.3 Å². The molecular formula is C30H27F4N7O3S. The van der Waals surface area contributed by atoms with E-state index in [9.17, 15) is 30.8 Å². The largest absolute Gasteiger partial charge is 0.291 e. The third-order valence-corrected chi connectivity index (χ3v) is 11.0. The molecule has 4 aromatic rings. The van der Waals surface area contributed by atoms with Crippen LogP contribution in [0.3, 0.4) is 0 Å². The third kappa shape index (κ3) is 4.97. The van der Waals surface area contributed by atoms with E-state index >= 15 is 0 Å². The SMILES string of the molecule is Cn1cc(S(=O)(=O)N(C2CC(F)(F)C2)[C@H]2CCC3=Cc4c(cnn4-c4ccc(F)nc4)C[C@]3(C(=O)c3cc(F)ccn3)C2)cn1. The minimum Gasteiger partial charge on any atom is -0.291 e. The summed E-state index contributed by atoms with van der Waals surface area (Å²) in [6, 6.07) is 3.07. The maximum Gasteiger partial charge on any atom is 0.251 e. The maximum absolute atomic E-state index is 14.4. The Morgan fingerprint density at radius 3 is 2.49 bits per heavy atom. The Kier molecular flexibility index (Phi) is 6.82. The Morgan fingerprint density at radius 2 is 1.82 bits per heavy atom. The number of nitrogens with zero attached hydrogens (tertiary/aromatic N) is 7. The number of ketones is 1. The van der Waals surface area contributed by atoms with Crippen LogP contribution >= 0.6 is 0 Å². The third-order valence-electron chi connectivity index (χ3n) is 9.03. The molecule has 10 nitrogen and oxygen atoms in total. The molecule has 0 saturated heterocycles. The zero-order valence-electron chi connectivity index (χ0n) is 23.9. The second-order valence-corrected chi connectivity index (χ2v) is 13.8. The minimum absolute atomic E-state index is 0.0415. The summed E-state index contributed by atoms with van der Waals surface area (Å²) in [6.07, 6.45) is 7.65. The number of pyridine rings is 2. The molecule has 0 aromatic carbocycles. The van der Waals surface area contributed by atoms with Crippen molar-refractivity contribution in [1.29, 1.82) is 0 Å². The molecule has 0 amide bonds. The molecule has 0 N–H and O–H groups in total. The van der Waals surface area contributed by atoms with Gasteiger partial charge in [-0.05, 0) is 55.5 Å². The summed E-state index contributed by atoms with van der Waals surface area (Å²) in [5.74, 6) is -4.82. The highest BCUT2D eigenvalue weighted by Crippen LogP contribution is 2.53. The zero-order chi connectivity index (χ0) is 31.7.